The summed E-state index contributed by atoms with van der Waals surface area (Å²) in [4.78, 5) is 36.3. The number of anilines is 1. The Balaban J connectivity index is 1.35. The van der Waals surface area contributed by atoms with E-state index in [1.165, 1.54) is 0 Å². The lowest BCUT2D eigenvalue weighted by Crippen LogP contribution is -2.53. The zero-order valence-corrected chi connectivity index (χ0v) is 30.3. The number of carbonyl (C=O) groups is 2. The van der Waals surface area contributed by atoms with Crippen LogP contribution in [-0.4, -0.2) is 103 Å². The maximum absolute atomic E-state index is 13.9. The summed E-state index contributed by atoms with van der Waals surface area (Å²) in [7, 11) is -1.23. The predicted octanol–water partition coefficient (Wildman–Crippen LogP) is 7.11. The van der Waals surface area contributed by atoms with Crippen LogP contribution in [0.4, 0.5) is 23.7 Å². The Labute approximate surface area is 282 Å². The summed E-state index contributed by atoms with van der Waals surface area (Å²) in [6.07, 6.45) is 2.75. The summed E-state index contributed by atoms with van der Waals surface area (Å²) in [5.41, 5.74) is 1.26. The summed E-state index contributed by atoms with van der Waals surface area (Å²) in [5, 5.41) is 0.884. The molecule has 0 N–H and O–H groups in total. The van der Waals surface area contributed by atoms with Gasteiger partial charge in [-0.15, -0.1) is 0 Å². The van der Waals surface area contributed by atoms with Crippen molar-refractivity contribution >= 4 is 36.8 Å². The number of alkyl halides is 3. The molecule has 0 bridgehead atoms. The van der Waals surface area contributed by atoms with Crippen LogP contribution < -0.4 is 4.90 Å². The third-order valence-corrected chi connectivity index (χ3v) is 11.0. The third-order valence-electron chi connectivity index (χ3n) is 9.32. The van der Waals surface area contributed by atoms with Crippen LogP contribution in [0.15, 0.2) is 18.5 Å². The summed E-state index contributed by atoms with van der Waals surface area (Å²) < 4.78 is 59.6. The number of nitrogens with zero attached hydrogens (tertiary/aromatic N) is 5. The Morgan fingerprint density at radius 1 is 1.12 bits per heavy atom. The van der Waals surface area contributed by atoms with Crippen molar-refractivity contribution in [3.8, 4) is 0 Å². The first-order valence-corrected chi connectivity index (χ1v) is 21.0. The number of halogens is 3. The fourth-order valence-corrected chi connectivity index (χ4v) is 7.65. The van der Waals surface area contributed by atoms with Crippen LogP contribution in [0.5, 0.6) is 0 Å². The Morgan fingerprint density at radius 2 is 1.85 bits per heavy atom. The number of amides is 2. The molecule has 0 radical (unpaired) electrons. The van der Waals surface area contributed by atoms with Crippen molar-refractivity contribution in [3.63, 3.8) is 0 Å². The Kier molecular flexibility index (Phi) is 11.1. The average Bonchev–Trinajstić information content (AvgIpc) is 3.65. The van der Waals surface area contributed by atoms with E-state index in [0.717, 1.165) is 40.5 Å². The Hall–Kier alpha value is -2.84. The van der Waals surface area contributed by atoms with Gasteiger partial charge in [-0.05, 0) is 77.3 Å². The zero-order chi connectivity index (χ0) is 34.9. The van der Waals surface area contributed by atoms with E-state index in [1.54, 1.807) is 27.0 Å². The fourth-order valence-electron chi connectivity index (χ4n) is 6.90. The molecular weight excluding hydrogens is 643 g/mol. The van der Waals surface area contributed by atoms with E-state index < -0.39 is 32.5 Å². The molecule has 0 aromatic carbocycles. The molecule has 48 heavy (non-hydrogen) atoms. The SMILES string of the molecule is CC(C)(C)OC(=O)N(CC(F)(F)F)C[C@H]1CC[C@H](N2CN(CC3CCCO3)C(=O)c3cnc4c(ccn4COCC[Si](C)(C)C)c32)CC1. The fraction of sp³-hybridized carbons (Fsp3) is 0.735. The van der Waals surface area contributed by atoms with Crippen LogP contribution in [0, 0.1) is 5.92 Å². The second-order valence-electron chi connectivity index (χ2n) is 15.8. The Bertz CT molecular complexity index is 1430. The molecule has 1 saturated carbocycles. The number of fused-ring (bicyclic) bond motifs is 3. The van der Waals surface area contributed by atoms with E-state index in [-0.39, 0.29) is 30.5 Å². The van der Waals surface area contributed by atoms with Gasteiger partial charge in [-0.1, -0.05) is 19.6 Å². The van der Waals surface area contributed by atoms with Gasteiger partial charge >= 0.3 is 12.3 Å². The van der Waals surface area contributed by atoms with Crippen molar-refractivity contribution in [2.45, 2.75) is 116 Å². The number of hydrogen-bond acceptors (Lipinski definition) is 7. The number of hydrogen-bond donors (Lipinski definition) is 0. The van der Waals surface area contributed by atoms with E-state index in [1.807, 2.05) is 21.7 Å². The van der Waals surface area contributed by atoms with E-state index in [2.05, 4.69) is 24.5 Å². The largest absolute Gasteiger partial charge is 0.444 e. The molecule has 3 aliphatic rings. The van der Waals surface area contributed by atoms with Gasteiger partial charge in [0.05, 0.1) is 24.0 Å². The first-order valence-electron chi connectivity index (χ1n) is 17.3. The number of rotatable bonds is 11. The topological polar surface area (TPSA) is 89.4 Å². The van der Waals surface area contributed by atoms with Crippen molar-refractivity contribution in [2.24, 2.45) is 5.92 Å². The molecule has 2 aromatic heterocycles. The van der Waals surface area contributed by atoms with Crippen molar-refractivity contribution in [2.75, 3.05) is 44.4 Å². The zero-order valence-electron chi connectivity index (χ0n) is 29.3. The van der Waals surface area contributed by atoms with Gasteiger partial charge in [0.15, 0.2) is 0 Å². The van der Waals surface area contributed by atoms with Crippen LogP contribution >= 0.6 is 0 Å². The quantitative estimate of drug-likeness (QED) is 0.183. The summed E-state index contributed by atoms with van der Waals surface area (Å²) in [5.74, 6) is -0.170. The van der Waals surface area contributed by atoms with Crippen LogP contribution in [-0.2, 0) is 20.9 Å². The highest BCUT2D eigenvalue weighted by Gasteiger charge is 2.40. The van der Waals surface area contributed by atoms with Gasteiger partial charge in [-0.3, -0.25) is 9.69 Å². The van der Waals surface area contributed by atoms with E-state index in [9.17, 15) is 22.8 Å². The smallest absolute Gasteiger partial charge is 0.410 e. The van der Waals surface area contributed by atoms with Crippen molar-refractivity contribution in [1.29, 1.82) is 0 Å². The van der Waals surface area contributed by atoms with Crippen LogP contribution in [0.3, 0.4) is 0 Å². The molecule has 14 heteroatoms. The lowest BCUT2D eigenvalue weighted by molar-refractivity contribution is -0.146. The summed E-state index contributed by atoms with van der Waals surface area (Å²) in [6.45, 7) is 13.2. The highest BCUT2D eigenvalue weighted by Crippen LogP contribution is 2.40. The van der Waals surface area contributed by atoms with Gasteiger partial charge in [0.1, 0.15) is 24.5 Å². The number of aromatic nitrogens is 2. The average molecular weight is 696 g/mol. The number of ether oxygens (including phenoxy) is 3. The molecule has 10 nitrogen and oxygen atoms in total. The van der Waals surface area contributed by atoms with Crippen molar-refractivity contribution in [1.82, 2.24) is 19.4 Å². The van der Waals surface area contributed by atoms with Gasteiger partial charge in [0, 0.05) is 58.2 Å². The first-order chi connectivity index (χ1) is 22.5. The third kappa shape index (κ3) is 9.44. The van der Waals surface area contributed by atoms with Gasteiger partial charge in [-0.25, -0.2) is 9.78 Å². The standard InChI is InChI=1S/C34H52F3N5O5Si/c1-33(2,3)47-32(44)40(21-34(35,36)37)19-24-9-11-25(12-10-24)42-22-41(20-26-8-7-15-46-26)31(43)28-18-38-30-27(29(28)42)13-14-39(30)23-45-16-17-48(4,5)6/h13-14,18,24-26H,7-12,15-17,19-23H2,1-6H3/t24-,25-,26?. The highest BCUT2D eigenvalue weighted by atomic mass is 28.3. The molecule has 268 valence electrons. The van der Waals surface area contributed by atoms with Gasteiger partial charge < -0.3 is 28.6 Å². The lowest BCUT2D eigenvalue weighted by atomic mass is 9.84. The number of carbonyl (C=O) groups excluding carboxylic acids is 2. The lowest BCUT2D eigenvalue weighted by Gasteiger charge is -2.45. The van der Waals surface area contributed by atoms with E-state index >= 15 is 0 Å². The molecule has 1 saturated heterocycles. The molecule has 2 aromatic rings. The molecule has 2 amide bonds. The van der Waals surface area contributed by atoms with Crippen LogP contribution in [0.1, 0.15) is 69.7 Å². The maximum atomic E-state index is 13.9. The normalized spacial score (nSPS) is 22.4. The number of pyridine rings is 1. The summed E-state index contributed by atoms with van der Waals surface area (Å²) in [6, 6.07) is 3.12. The predicted molar refractivity (Wildman–Crippen MR) is 181 cm³/mol. The molecular formula is C34H52F3N5O5Si. The molecule has 1 aliphatic carbocycles. The van der Waals surface area contributed by atoms with Crippen molar-refractivity contribution < 1.29 is 37.0 Å². The highest BCUT2D eigenvalue weighted by molar-refractivity contribution is 6.76. The maximum Gasteiger partial charge on any atom is 0.410 e. The van der Waals surface area contributed by atoms with Crippen LogP contribution in [0.25, 0.3) is 11.0 Å². The molecule has 2 aliphatic heterocycles. The second kappa shape index (κ2) is 14.6. The van der Waals surface area contributed by atoms with Gasteiger partial charge in [0.2, 0.25) is 0 Å². The molecule has 1 unspecified atom stereocenters. The van der Waals surface area contributed by atoms with Gasteiger partial charge in [-0.2, -0.15) is 13.2 Å². The second-order valence-corrected chi connectivity index (χ2v) is 21.4. The van der Waals surface area contributed by atoms with E-state index in [0.29, 0.717) is 64.4 Å². The molecule has 0 spiro atoms. The minimum absolute atomic E-state index is 0.00774. The first kappa shape index (κ1) is 36.4. The Morgan fingerprint density at radius 3 is 2.48 bits per heavy atom. The monoisotopic (exact) mass is 695 g/mol. The molecule has 5 rings (SSSR count). The van der Waals surface area contributed by atoms with E-state index in [4.69, 9.17) is 19.2 Å². The minimum atomic E-state index is -4.53. The minimum Gasteiger partial charge on any atom is -0.444 e. The molecule has 4 heterocycles. The molecule has 2 fully saturated rings. The summed E-state index contributed by atoms with van der Waals surface area (Å²) >= 11 is 0. The van der Waals surface area contributed by atoms with Gasteiger partial charge in [0.25, 0.3) is 5.91 Å². The van der Waals surface area contributed by atoms with Crippen molar-refractivity contribution in [3.05, 3.63) is 24.0 Å². The molecule has 1 atom stereocenters. The van der Waals surface area contributed by atoms with Crippen LogP contribution in [0.2, 0.25) is 25.7 Å².